The minimum Gasteiger partial charge on any atom is -0.396 e. The largest absolute Gasteiger partial charge is 0.396 e. The van der Waals surface area contributed by atoms with Crippen LogP contribution in [0.25, 0.3) is 0 Å². The number of allylic oxidation sites excluding steroid dienone is 4. The maximum Gasteiger partial charge on any atom is 0.113 e. The lowest BCUT2D eigenvalue weighted by molar-refractivity contribution is -0.109. The van der Waals surface area contributed by atoms with Crippen molar-refractivity contribution in [1.82, 2.24) is 0 Å². The molecule has 0 aliphatic heterocycles. The summed E-state index contributed by atoms with van der Waals surface area (Å²) in [6, 6.07) is 0. The van der Waals surface area contributed by atoms with Crippen molar-refractivity contribution < 1.29 is 25.2 Å². The van der Waals surface area contributed by atoms with Crippen molar-refractivity contribution in [3.8, 4) is 0 Å². The van der Waals surface area contributed by atoms with E-state index in [1.54, 1.807) is 0 Å². The van der Waals surface area contributed by atoms with E-state index in [0.29, 0.717) is 48.2 Å². The quantitative estimate of drug-likeness (QED) is 0.243. The molecular weight excluding hydrogens is 440 g/mol. The van der Waals surface area contributed by atoms with Gasteiger partial charge >= 0.3 is 0 Å². The SMILES string of the molecule is C=C1C(/C=C/C2=CCC[C@]3(C)[C@@H]([C@H](C)CCCC(C)(C)O)CC[C@@H]23)C[C@@H](O)[C@@H](OCCCO)[C@@H]1O. The molecule has 1 unspecified atom stereocenters. The molecule has 3 rings (SSSR count). The maximum atomic E-state index is 10.7. The van der Waals surface area contributed by atoms with Crippen molar-refractivity contribution in [3.05, 3.63) is 36.0 Å². The minimum absolute atomic E-state index is 0.0287. The van der Waals surface area contributed by atoms with E-state index in [0.717, 1.165) is 19.3 Å². The summed E-state index contributed by atoms with van der Waals surface area (Å²) in [4.78, 5) is 0. The van der Waals surface area contributed by atoms with Crippen LogP contribution in [0.2, 0.25) is 0 Å². The van der Waals surface area contributed by atoms with Gasteiger partial charge in [0.2, 0.25) is 0 Å². The first kappa shape index (κ1) is 28.6. The second kappa shape index (κ2) is 12.0. The Kier molecular flexibility index (Phi) is 9.84. The van der Waals surface area contributed by atoms with Gasteiger partial charge < -0.3 is 25.2 Å². The molecule has 0 spiro atoms. The van der Waals surface area contributed by atoms with E-state index in [-0.39, 0.29) is 12.5 Å². The van der Waals surface area contributed by atoms with Gasteiger partial charge in [-0.1, -0.05) is 51.5 Å². The van der Waals surface area contributed by atoms with Gasteiger partial charge in [-0.25, -0.2) is 0 Å². The van der Waals surface area contributed by atoms with Crippen LogP contribution in [0.3, 0.4) is 0 Å². The fourth-order valence-corrected chi connectivity index (χ4v) is 7.14. The smallest absolute Gasteiger partial charge is 0.113 e. The van der Waals surface area contributed by atoms with Gasteiger partial charge in [-0.15, -0.1) is 0 Å². The molecule has 8 atom stereocenters. The highest BCUT2D eigenvalue weighted by Crippen LogP contribution is 2.59. The molecule has 2 fully saturated rings. The van der Waals surface area contributed by atoms with Crippen molar-refractivity contribution in [2.45, 2.75) is 109 Å². The van der Waals surface area contributed by atoms with Crippen molar-refractivity contribution in [2.75, 3.05) is 13.2 Å². The molecule has 5 nitrogen and oxygen atoms in total. The first-order valence-corrected chi connectivity index (χ1v) is 13.9. The fourth-order valence-electron chi connectivity index (χ4n) is 7.14. The number of fused-ring (bicyclic) bond motifs is 1. The normalized spacial score (nSPS) is 36.9. The predicted octanol–water partition coefficient (Wildman–Crippen LogP) is 4.94. The molecule has 0 amide bonds. The topological polar surface area (TPSA) is 90.2 Å². The summed E-state index contributed by atoms with van der Waals surface area (Å²) in [5.41, 5.74) is 1.83. The second-order valence-corrected chi connectivity index (χ2v) is 12.4. The summed E-state index contributed by atoms with van der Waals surface area (Å²) >= 11 is 0. The van der Waals surface area contributed by atoms with E-state index in [4.69, 9.17) is 9.84 Å². The van der Waals surface area contributed by atoms with Gasteiger partial charge in [-0.2, -0.15) is 0 Å². The van der Waals surface area contributed by atoms with Crippen LogP contribution >= 0.6 is 0 Å². The van der Waals surface area contributed by atoms with Crippen LogP contribution in [0.4, 0.5) is 0 Å². The average Bonchev–Trinajstić information content (AvgIpc) is 3.14. The lowest BCUT2D eigenvalue weighted by Gasteiger charge is -2.43. The van der Waals surface area contributed by atoms with E-state index < -0.39 is 23.9 Å². The number of rotatable bonds is 11. The first-order chi connectivity index (χ1) is 16.5. The molecule has 200 valence electrons. The summed E-state index contributed by atoms with van der Waals surface area (Å²) in [7, 11) is 0. The van der Waals surface area contributed by atoms with Crippen molar-refractivity contribution in [1.29, 1.82) is 0 Å². The monoisotopic (exact) mass is 490 g/mol. The van der Waals surface area contributed by atoms with Crippen LogP contribution in [0, 0.1) is 29.1 Å². The van der Waals surface area contributed by atoms with Gasteiger partial charge in [0.1, 0.15) is 12.2 Å². The van der Waals surface area contributed by atoms with Gasteiger partial charge in [0.05, 0.1) is 11.7 Å². The molecule has 5 heteroatoms. The van der Waals surface area contributed by atoms with Crippen molar-refractivity contribution in [3.63, 3.8) is 0 Å². The summed E-state index contributed by atoms with van der Waals surface area (Å²) in [5.74, 6) is 1.83. The Bertz CT molecular complexity index is 765. The highest BCUT2D eigenvalue weighted by atomic mass is 16.5. The third-order valence-corrected chi connectivity index (χ3v) is 9.19. The molecule has 0 aromatic carbocycles. The number of aliphatic hydroxyl groups excluding tert-OH is 3. The molecule has 0 aromatic rings. The van der Waals surface area contributed by atoms with E-state index in [2.05, 4.69) is 38.7 Å². The van der Waals surface area contributed by atoms with Crippen LogP contribution < -0.4 is 0 Å². The molecule has 3 aliphatic carbocycles. The van der Waals surface area contributed by atoms with Gasteiger partial charge in [-0.3, -0.25) is 0 Å². The molecule has 35 heavy (non-hydrogen) atoms. The third kappa shape index (κ3) is 6.87. The Balaban J connectivity index is 1.62. The molecule has 0 bridgehead atoms. The highest BCUT2D eigenvalue weighted by Gasteiger charge is 2.49. The molecular formula is C30H50O5. The summed E-state index contributed by atoms with van der Waals surface area (Å²) in [6.07, 6.45) is 13.3. The average molecular weight is 491 g/mol. The van der Waals surface area contributed by atoms with Crippen LogP contribution in [0.15, 0.2) is 36.0 Å². The number of hydrogen-bond donors (Lipinski definition) is 4. The van der Waals surface area contributed by atoms with Crippen LogP contribution in [0.5, 0.6) is 0 Å². The molecule has 0 radical (unpaired) electrons. The van der Waals surface area contributed by atoms with Gasteiger partial charge in [0.15, 0.2) is 0 Å². The standard InChI is InChI=1S/C30H50O5/c1-20(9-6-15-29(3,4)34)24-13-14-25-22(10-7-16-30(24,25)5)11-12-23-19-26(32)28(27(33)21(23)2)35-18-8-17-31/h10-12,20,23-28,31-34H,2,6-9,13-19H2,1,3-5H3/b12-11+/t20-,23?,24-,25+,26-,27-,28-,30-/m1/s1. The van der Waals surface area contributed by atoms with Crippen LogP contribution in [-0.4, -0.2) is 57.6 Å². The van der Waals surface area contributed by atoms with Gasteiger partial charge in [-0.05, 0) is 93.1 Å². The number of ether oxygens (including phenoxy) is 1. The van der Waals surface area contributed by atoms with Crippen molar-refractivity contribution >= 4 is 0 Å². The molecule has 0 heterocycles. The van der Waals surface area contributed by atoms with E-state index in [1.807, 2.05) is 13.8 Å². The predicted molar refractivity (Wildman–Crippen MR) is 141 cm³/mol. The van der Waals surface area contributed by atoms with E-state index >= 15 is 0 Å². The first-order valence-electron chi connectivity index (χ1n) is 13.9. The minimum atomic E-state index is -0.904. The maximum absolute atomic E-state index is 10.7. The molecule has 0 saturated heterocycles. The molecule has 2 saturated carbocycles. The molecule has 3 aliphatic rings. The Morgan fingerprint density at radius 1 is 1.26 bits per heavy atom. The number of aliphatic hydroxyl groups is 4. The molecule has 0 aromatic heterocycles. The lowest BCUT2D eigenvalue weighted by atomic mass is 9.62. The fraction of sp³-hybridized carbons (Fsp3) is 0.800. The van der Waals surface area contributed by atoms with Gasteiger partial charge in [0, 0.05) is 19.1 Å². The van der Waals surface area contributed by atoms with Crippen LogP contribution in [0.1, 0.15) is 85.5 Å². The zero-order valence-electron chi connectivity index (χ0n) is 22.5. The van der Waals surface area contributed by atoms with Crippen molar-refractivity contribution in [2.24, 2.45) is 29.1 Å². The summed E-state index contributed by atoms with van der Waals surface area (Å²) in [6.45, 7) is 13.2. The zero-order valence-corrected chi connectivity index (χ0v) is 22.5. The third-order valence-electron chi connectivity index (χ3n) is 9.19. The van der Waals surface area contributed by atoms with E-state index in [9.17, 15) is 15.3 Å². The lowest BCUT2D eigenvalue weighted by Crippen LogP contribution is -2.47. The highest BCUT2D eigenvalue weighted by molar-refractivity contribution is 5.31. The summed E-state index contributed by atoms with van der Waals surface area (Å²) in [5, 5.41) is 40.4. The Hall–Kier alpha value is -0.980. The Morgan fingerprint density at radius 2 is 2.00 bits per heavy atom. The number of hydrogen-bond acceptors (Lipinski definition) is 5. The molecule has 4 N–H and O–H groups in total. The Labute approximate surface area is 213 Å². The van der Waals surface area contributed by atoms with Crippen LogP contribution in [-0.2, 0) is 4.74 Å². The zero-order chi connectivity index (χ0) is 25.8. The van der Waals surface area contributed by atoms with Gasteiger partial charge in [0.25, 0.3) is 0 Å². The Morgan fingerprint density at radius 3 is 2.69 bits per heavy atom. The summed E-state index contributed by atoms with van der Waals surface area (Å²) < 4.78 is 5.64. The second-order valence-electron chi connectivity index (χ2n) is 12.4. The van der Waals surface area contributed by atoms with E-state index in [1.165, 1.54) is 31.3 Å².